The normalized spacial score (nSPS) is 15.9. The van der Waals surface area contributed by atoms with Gasteiger partial charge in [0.2, 0.25) is 16.1 Å². The molecule has 0 saturated carbocycles. The van der Waals surface area contributed by atoms with Crippen LogP contribution in [0.4, 0.5) is 0 Å². The molecular formula is C22H26ClN3O6S. The number of amides is 1. The number of halogens is 1. The van der Waals surface area contributed by atoms with E-state index in [9.17, 15) is 13.2 Å². The Morgan fingerprint density at radius 2 is 1.76 bits per heavy atom. The minimum Gasteiger partial charge on any atom is -0.493 e. The van der Waals surface area contributed by atoms with Gasteiger partial charge in [-0.05, 0) is 31.2 Å². The van der Waals surface area contributed by atoms with Crippen molar-refractivity contribution in [1.29, 1.82) is 0 Å². The van der Waals surface area contributed by atoms with E-state index in [1.807, 2.05) is 0 Å². The zero-order valence-corrected chi connectivity index (χ0v) is 20.2. The van der Waals surface area contributed by atoms with Gasteiger partial charge >= 0.3 is 0 Å². The lowest BCUT2D eigenvalue weighted by Gasteiger charge is -2.34. The van der Waals surface area contributed by atoms with Gasteiger partial charge in [-0.3, -0.25) is 4.79 Å². The van der Waals surface area contributed by atoms with Gasteiger partial charge in [0.1, 0.15) is 0 Å². The van der Waals surface area contributed by atoms with E-state index in [4.69, 9.17) is 25.9 Å². The molecule has 1 saturated heterocycles. The highest BCUT2D eigenvalue weighted by Crippen LogP contribution is 2.35. The fourth-order valence-electron chi connectivity index (χ4n) is 3.39. The molecule has 33 heavy (non-hydrogen) atoms. The maximum atomic E-state index is 12.7. The molecule has 1 amide bonds. The van der Waals surface area contributed by atoms with Crippen LogP contribution in [0.3, 0.4) is 0 Å². The number of nitrogens with zero attached hydrogens (tertiary/aromatic N) is 3. The maximum Gasteiger partial charge on any atom is 0.266 e. The summed E-state index contributed by atoms with van der Waals surface area (Å²) in [6.07, 6.45) is 0.580. The third kappa shape index (κ3) is 5.76. The number of rotatable bonds is 8. The van der Waals surface area contributed by atoms with Crippen LogP contribution in [0.5, 0.6) is 11.5 Å². The first-order chi connectivity index (χ1) is 15.8. The summed E-state index contributed by atoms with van der Waals surface area (Å²) in [7, 11) is -0.592. The van der Waals surface area contributed by atoms with Crippen LogP contribution in [-0.4, -0.2) is 76.2 Å². The Bertz CT molecular complexity index is 1100. The van der Waals surface area contributed by atoms with Crippen LogP contribution in [0.1, 0.15) is 12.5 Å². The van der Waals surface area contributed by atoms with Gasteiger partial charge in [-0.15, -0.1) is 0 Å². The molecule has 1 atom stereocenters. The molecule has 3 rings (SSSR count). The van der Waals surface area contributed by atoms with Crippen LogP contribution in [-0.2, 0) is 19.7 Å². The Labute approximate surface area is 198 Å². The number of benzene rings is 2. The number of carbonyl (C=O) groups is 1. The van der Waals surface area contributed by atoms with Crippen molar-refractivity contribution in [3.05, 3.63) is 53.1 Å². The van der Waals surface area contributed by atoms with E-state index in [0.717, 1.165) is 0 Å². The zero-order valence-electron chi connectivity index (χ0n) is 18.6. The zero-order chi connectivity index (χ0) is 24.0. The van der Waals surface area contributed by atoms with Crippen molar-refractivity contribution in [2.75, 3.05) is 40.4 Å². The van der Waals surface area contributed by atoms with E-state index >= 15 is 0 Å². The molecule has 178 valence electrons. The summed E-state index contributed by atoms with van der Waals surface area (Å²) >= 11 is 6.17. The molecule has 2 aromatic rings. The standard InChI is InChI=1S/C22H26ClN3O6S/c1-16(32-24-15-17-13-19(23)21(31-3)20(14-17)30-2)22(27)25-9-11-26(12-10-25)33(28,29)18-7-5-4-6-8-18/h4-8,13-16H,9-12H2,1-3H3. The lowest BCUT2D eigenvalue weighted by molar-refractivity contribution is -0.143. The molecule has 11 heteroatoms. The van der Waals surface area contributed by atoms with Crippen LogP contribution >= 0.6 is 11.6 Å². The number of oxime groups is 1. The fourth-order valence-corrected chi connectivity index (χ4v) is 5.13. The molecule has 0 aliphatic carbocycles. The fraction of sp³-hybridized carbons (Fsp3) is 0.364. The molecular weight excluding hydrogens is 470 g/mol. The van der Waals surface area contributed by atoms with Crippen molar-refractivity contribution in [3.8, 4) is 11.5 Å². The van der Waals surface area contributed by atoms with Gasteiger partial charge in [0.15, 0.2) is 11.5 Å². The van der Waals surface area contributed by atoms with Gasteiger partial charge in [0, 0.05) is 31.7 Å². The third-order valence-electron chi connectivity index (χ3n) is 5.16. The molecule has 1 heterocycles. The number of sulfonamides is 1. The summed E-state index contributed by atoms with van der Waals surface area (Å²) in [6.45, 7) is 2.56. The highest BCUT2D eigenvalue weighted by atomic mass is 35.5. The number of hydrogen-bond acceptors (Lipinski definition) is 7. The van der Waals surface area contributed by atoms with Crippen LogP contribution in [0.25, 0.3) is 0 Å². The molecule has 0 radical (unpaired) electrons. The monoisotopic (exact) mass is 495 g/mol. The Morgan fingerprint density at radius 3 is 2.36 bits per heavy atom. The average molecular weight is 496 g/mol. The summed E-state index contributed by atoms with van der Waals surface area (Å²) < 4.78 is 37.3. The van der Waals surface area contributed by atoms with E-state index in [2.05, 4.69) is 5.16 Å². The van der Waals surface area contributed by atoms with Crippen molar-refractivity contribution < 1.29 is 27.5 Å². The minimum atomic E-state index is -3.58. The van der Waals surface area contributed by atoms with E-state index in [-0.39, 0.29) is 37.0 Å². The Kier molecular flexibility index (Phi) is 8.17. The Balaban J connectivity index is 1.56. The third-order valence-corrected chi connectivity index (χ3v) is 7.35. The first-order valence-electron chi connectivity index (χ1n) is 10.2. The molecule has 9 nitrogen and oxygen atoms in total. The predicted octanol–water partition coefficient (Wildman–Crippen LogP) is 2.63. The molecule has 1 aliphatic rings. The highest BCUT2D eigenvalue weighted by molar-refractivity contribution is 7.89. The number of hydrogen-bond donors (Lipinski definition) is 0. The molecule has 1 unspecified atom stereocenters. The van der Waals surface area contributed by atoms with Crippen molar-refractivity contribution in [2.45, 2.75) is 17.9 Å². The quantitative estimate of drug-likeness (QED) is 0.412. The second-order valence-corrected chi connectivity index (χ2v) is 9.61. The number of carbonyl (C=O) groups excluding carboxylic acids is 1. The van der Waals surface area contributed by atoms with Gasteiger partial charge in [-0.2, -0.15) is 4.31 Å². The maximum absolute atomic E-state index is 12.7. The Morgan fingerprint density at radius 1 is 1.09 bits per heavy atom. The van der Waals surface area contributed by atoms with Crippen LogP contribution < -0.4 is 9.47 Å². The first kappa shape index (κ1) is 24.8. The van der Waals surface area contributed by atoms with Crippen molar-refractivity contribution in [1.82, 2.24) is 9.21 Å². The summed E-state index contributed by atoms with van der Waals surface area (Å²) in [5, 5.41) is 4.24. The molecule has 0 bridgehead atoms. The summed E-state index contributed by atoms with van der Waals surface area (Å²) in [6, 6.07) is 11.6. The molecule has 0 aromatic heterocycles. The highest BCUT2D eigenvalue weighted by Gasteiger charge is 2.32. The van der Waals surface area contributed by atoms with Gasteiger partial charge in [-0.1, -0.05) is 35.0 Å². The van der Waals surface area contributed by atoms with E-state index in [1.54, 1.807) is 54.3 Å². The molecule has 0 spiro atoms. The number of piperazine rings is 1. The van der Waals surface area contributed by atoms with Gasteiger partial charge < -0.3 is 19.2 Å². The molecule has 1 fully saturated rings. The number of ether oxygens (including phenoxy) is 2. The summed E-state index contributed by atoms with van der Waals surface area (Å²) in [5.74, 6) is 0.586. The second-order valence-electron chi connectivity index (χ2n) is 7.26. The minimum absolute atomic E-state index is 0.211. The van der Waals surface area contributed by atoms with E-state index in [1.165, 1.54) is 24.7 Å². The van der Waals surface area contributed by atoms with E-state index < -0.39 is 16.1 Å². The largest absolute Gasteiger partial charge is 0.493 e. The first-order valence-corrected chi connectivity index (χ1v) is 12.0. The topological polar surface area (TPSA) is 97.7 Å². The SMILES string of the molecule is COc1cc(C=NOC(C)C(=O)N2CCN(S(=O)(=O)c3ccccc3)CC2)cc(Cl)c1OC. The second kappa shape index (κ2) is 10.9. The van der Waals surface area contributed by atoms with Gasteiger partial charge in [0.05, 0.1) is 30.4 Å². The summed E-state index contributed by atoms with van der Waals surface area (Å²) in [5.41, 5.74) is 0.608. The van der Waals surface area contributed by atoms with Crippen LogP contribution in [0, 0.1) is 0 Å². The van der Waals surface area contributed by atoms with Crippen LogP contribution in [0.15, 0.2) is 52.5 Å². The smallest absolute Gasteiger partial charge is 0.266 e. The molecule has 1 aliphatic heterocycles. The van der Waals surface area contributed by atoms with Gasteiger partial charge in [0.25, 0.3) is 5.91 Å². The molecule has 2 aromatic carbocycles. The predicted molar refractivity (Wildman–Crippen MR) is 124 cm³/mol. The average Bonchev–Trinajstić information content (AvgIpc) is 2.83. The lowest BCUT2D eigenvalue weighted by Crippen LogP contribution is -2.52. The van der Waals surface area contributed by atoms with E-state index in [0.29, 0.717) is 22.1 Å². The number of methoxy groups -OCH3 is 2. The molecule has 0 N–H and O–H groups in total. The van der Waals surface area contributed by atoms with Gasteiger partial charge in [-0.25, -0.2) is 8.42 Å². The van der Waals surface area contributed by atoms with Crippen LogP contribution in [0.2, 0.25) is 5.02 Å². The Hall–Kier alpha value is -2.82. The summed E-state index contributed by atoms with van der Waals surface area (Å²) in [4.78, 5) is 19.8. The lowest BCUT2D eigenvalue weighted by atomic mass is 10.2. The van der Waals surface area contributed by atoms with Crippen molar-refractivity contribution in [2.24, 2.45) is 5.16 Å². The van der Waals surface area contributed by atoms with Crippen molar-refractivity contribution >= 4 is 33.7 Å². The van der Waals surface area contributed by atoms with Crippen molar-refractivity contribution in [3.63, 3.8) is 0 Å².